The van der Waals surface area contributed by atoms with Crippen LogP contribution in [0.3, 0.4) is 0 Å². The van der Waals surface area contributed by atoms with Gasteiger partial charge in [-0.15, -0.1) is 10.2 Å². The van der Waals surface area contributed by atoms with E-state index >= 15 is 0 Å². The minimum absolute atomic E-state index is 0.102. The zero-order valence-electron chi connectivity index (χ0n) is 12.0. The zero-order valence-corrected chi connectivity index (χ0v) is 12.8. The molecule has 0 radical (unpaired) electrons. The van der Waals surface area contributed by atoms with Crippen molar-refractivity contribution >= 4 is 15.7 Å². The number of sulfonamides is 1. The number of aryl methyl sites for hydroxylation is 1. The molecule has 0 aliphatic rings. The van der Waals surface area contributed by atoms with E-state index in [4.69, 9.17) is 8.83 Å². The Morgan fingerprint density at radius 1 is 1.09 bits per heavy atom. The highest BCUT2D eigenvalue weighted by Gasteiger charge is 2.21. The minimum Gasteiger partial charge on any atom is -0.438 e. The van der Waals surface area contributed by atoms with Crippen LogP contribution >= 0.6 is 0 Å². The maximum absolute atomic E-state index is 12.8. The van der Waals surface area contributed by atoms with E-state index in [1.807, 2.05) is 6.92 Å². The first-order valence-electron chi connectivity index (χ1n) is 6.69. The fraction of sp³-hybridized carbons (Fsp3) is 0.143. The minimum atomic E-state index is -3.94. The molecule has 1 aromatic carbocycles. The number of hydrogen-bond donors (Lipinski definition) is 1. The molecule has 0 aliphatic heterocycles. The smallest absolute Gasteiger partial charge is 0.295 e. The molecule has 1 N–H and O–H groups in total. The third-order valence-corrected chi connectivity index (χ3v) is 4.18. The Morgan fingerprint density at radius 2 is 1.83 bits per heavy atom. The number of rotatable bonds is 5. The summed E-state index contributed by atoms with van der Waals surface area (Å²) in [6.07, 6.45) is 0.561. The van der Waals surface area contributed by atoms with Gasteiger partial charge in [0.15, 0.2) is 5.76 Å². The number of benzene rings is 1. The van der Waals surface area contributed by atoms with Gasteiger partial charge in [0.2, 0.25) is 11.0 Å². The molecule has 0 spiro atoms. The maximum atomic E-state index is 12.8. The molecule has 2 heterocycles. The van der Waals surface area contributed by atoms with Gasteiger partial charge in [0.25, 0.3) is 15.9 Å². The average molecular weight is 337 g/mol. The molecule has 0 unspecified atom stereocenters. The Hall–Kier alpha value is -2.68. The quantitative estimate of drug-likeness (QED) is 0.769. The summed E-state index contributed by atoms with van der Waals surface area (Å²) in [7, 11) is -3.94. The molecule has 7 nitrogen and oxygen atoms in total. The molecule has 3 rings (SSSR count). The van der Waals surface area contributed by atoms with Crippen LogP contribution in [0.2, 0.25) is 0 Å². The highest BCUT2D eigenvalue weighted by atomic mass is 32.2. The lowest BCUT2D eigenvalue weighted by atomic mass is 10.3. The van der Waals surface area contributed by atoms with Crippen molar-refractivity contribution in [2.24, 2.45) is 0 Å². The van der Waals surface area contributed by atoms with Crippen LogP contribution in [0.5, 0.6) is 0 Å². The number of hydrogen-bond acceptors (Lipinski definition) is 6. The van der Waals surface area contributed by atoms with E-state index in [-0.39, 0.29) is 22.4 Å². The van der Waals surface area contributed by atoms with Gasteiger partial charge in [-0.05, 0) is 36.4 Å². The van der Waals surface area contributed by atoms with Crippen molar-refractivity contribution in [2.75, 3.05) is 4.72 Å². The lowest BCUT2D eigenvalue weighted by molar-refractivity contribution is 0.436. The van der Waals surface area contributed by atoms with Gasteiger partial charge in [-0.3, -0.25) is 4.72 Å². The van der Waals surface area contributed by atoms with E-state index in [9.17, 15) is 12.8 Å². The number of halogens is 1. The molecule has 0 bridgehead atoms. The summed E-state index contributed by atoms with van der Waals surface area (Å²) in [4.78, 5) is 0. The van der Waals surface area contributed by atoms with E-state index in [0.29, 0.717) is 12.3 Å². The normalized spacial score (nSPS) is 11.6. The highest BCUT2D eigenvalue weighted by molar-refractivity contribution is 7.92. The van der Waals surface area contributed by atoms with Crippen LogP contribution in [0.1, 0.15) is 12.8 Å². The van der Waals surface area contributed by atoms with Crippen LogP contribution in [-0.4, -0.2) is 18.6 Å². The van der Waals surface area contributed by atoms with Gasteiger partial charge in [-0.1, -0.05) is 6.92 Å². The molecule has 23 heavy (non-hydrogen) atoms. The Kier molecular flexibility index (Phi) is 3.87. The SMILES string of the molecule is CCc1nnc(-c2ccc(S(=O)(=O)Nc3ccc(F)cc3)o2)o1. The van der Waals surface area contributed by atoms with Crippen LogP contribution in [0.4, 0.5) is 10.1 Å². The second kappa shape index (κ2) is 5.84. The van der Waals surface area contributed by atoms with Crippen molar-refractivity contribution in [2.45, 2.75) is 18.4 Å². The van der Waals surface area contributed by atoms with Crippen LogP contribution in [-0.2, 0) is 16.4 Å². The van der Waals surface area contributed by atoms with E-state index in [1.165, 1.54) is 24.3 Å². The fourth-order valence-corrected chi connectivity index (χ4v) is 2.79. The third kappa shape index (κ3) is 3.24. The average Bonchev–Trinajstić information content (AvgIpc) is 3.18. The summed E-state index contributed by atoms with van der Waals surface area (Å²) >= 11 is 0. The van der Waals surface area contributed by atoms with Crippen LogP contribution in [0, 0.1) is 5.82 Å². The van der Waals surface area contributed by atoms with Gasteiger partial charge in [0.05, 0.1) is 0 Å². The Morgan fingerprint density at radius 3 is 2.48 bits per heavy atom. The van der Waals surface area contributed by atoms with Crippen molar-refractivity contribution in [1.29, 1.82) is 0 Å². The molecule has 0 amide bonds. The molecule has 0 saturated carbocycles. The molecule has 0 fully saturated rings. The number of furan rings is 1. The predicted octanol–water partition coefficient (Wildman–Crippen LogP) is 2.83. The lowest BCUT2D eigenvalue weighted by Gasteiger charge is -2.05. The van der Waals surface area contributed by atoms with Gasteiger partial charge in [0.1, 0.15) is 5.82 Å². The number of anilines is 1. The van der Waals surface area contributed by atoms with Gasteiger partial charge in [-0.2, -0.15) is 8.42 Å². The zero-order chi connectivity index (χ0) is 16.4. The monoisotopic (exact) mass is 337 g/mol. The fourth-order valence-electron chi connectivity index (χ4n) is 1.80. The standard InChI is InChI=1S/C14H12FN3O4S/c1-2-12-16-17-14(22-12)11-7-8-13(21-11)23(19,20)18-10-5-3-9(15)4-6-10/h3-8,18H,2H2,1H3. The summed E-state index contributed by atoms with van der Waals surface area (Å²) in [5.74, 6) is 0.211. The Bertz CT molecular complexity index is 916. The first kappa shape index (κ1) is 15.2. The van der Waals surface area contributed by atoms with Gasteiger partial charge < -0.3 is 8.83 Å². The number of aromatic nitrogens is 2. The van der Waals surface area contributed by atoms with Gasteiger partial charge in [0, 0.05) is 12.1 Å². The predicted molar refractivity (Wildman–Crippen MR) is 78.6 cm³/mol. The van der Waals surface area contributed by atoms with Crippen molar-refractivity contribution in [3.8, 4) is 11.7 Å². The first-order chi connectivity index (χ1) is 11.0. The molecular weight excluding hydrogens is 325 g/mol. The largest absolute Gasteiger partial charge is 0.438 e. The summed E-state index contributed by atoms with van der Waals surface area (Å²) in [6, 6.07) is 7.61. The maximum Gasteiger partial charge on any atom is 0.295 e. The molecule has 0 saturated heterocycles. The molecule has 3 aromatic rings. The summed E-state index contributed by atoms with van der Waals surface area (Å²) in [6.45, 7) is 1.85. The summed E-state index contributed by atoms with van der Waals surface area (Å²) in [5, 5.41) is 7.25. The highest BCUT2D eigenvalue weighted by Crippen LogP contribution is 2.25. The van der Waals surface area contributed by atoms with Gasteiger partial charge in [-0.25, -0.2) is 4.39 Å². The molecule has 120 valence electrons. The number of nitrogens with one attached hydrogen (secondary N) is 1. The van der Waals surface area contributed by atoms with Crippen molar-refractivity contribution < 1.29 is 21.6 Å². The molecule has 0 aliphatic carbocycles. The van der Waals surface area contributed by atoms with Crippen molar-refractivity contribution in [1.82, 2.24) is 10.2 Å². The van der Waals surface area contributed by atoms with E-state index in [1.54, 1.807) is 0 Å². The summed E-state index contributed by atoms with van der Waals surface area (Å²) in [5.41, 5.74) is 0.218. The van der Waals surface area contributed by atoms with E-state index in [0.717, 1.165) is 12.1 Å². The van der Waals surface area contributed by atoms with Crippen molar-refractivity contribution in [3.05, 3.63) is 48.1 Å². The second-order valence-electron chi connectivity index (χ2n) is 4.59. The van der Waals surface area contributed by atoms with Crippen LogP contribution < -0.4 is 4.72 Å². The van der Waals surface area contributed by atoms with E-state index < -0.39 is 15.8 Å². The van der Waals surface area contributed by atoms with Gasteiger partial charge >= 0.3 is 0 Å². The topological polar surface area (TPSA) is 98.2 Å². The molecular formula is C14H12FN3O4S. The van der Waals surface area contributed by atoms with Crippen LogP contribution in [0.15, 0.2) is 50.3 Å². The van der Waals surface area contributed by atoms with Crippen LogP contribution in [0.25, 0.3) is 11.7 Å². The lowest BCUT2D eigenvalue weighted by Crippen LogP contribution is -2.11. The second-order valence-corrected chi connectivity index (χ2v) is 6.20. The third-order valence-electron chi connectivity index (χ3n) is 2.92. The first-order valence-corrected chi connectivity index (χ1v) is 8.17. The molecule has 2 aromatic heterocycles. The number of nitrogens with zero attached hydrogens (tertiary/aromatic N) is 2. The summed E-state index contributed by atoms with van der Waals surface area (Å²) < 4.78 is 50.2. The van der Waals surface area contributed by atoms with Crippen molar-refractivity contribution in [3.63, 3.8) is 0 Å². The van der Waals surface area contributed by atoms with E-state index in [2.05, 4.69) is 14.9 Å². The molecule has 9 heteroatoms. The molecule has 0 atom stereocenters. The Balaban J connectivity index is 1.84. The Labute approximate surface area is 131 Å².